The Balaban J connectivity index is 0.00000242. The van der Waals surface area contributed by atoms with Crippen molar-refractivity contribution >= 4 is 29.9 Å². The maximum Gasteiger partial charge on any atom is 0.191 e. The SMILES string of the molecule is CC(O)CC(CN=C(N)N1CCCCC1)c1ccccc1.I. The standard InChI is InChI=1S/C17H27N3O.HI/c1-14(21)12-16(15-8-4-2-5-9-15)13-19-17(18)20-10-6-3-7-11-20;/h2,4-5,8-9,14,16,21H,3,6-7,10-13H2,1H3,(H2,18,19);1H. The number of rotatable bonds is 5. The molecule has 1 saturated heterocycles. The van der Waals surface area contributed by atoms with E-state index < -0.39 is 0 Å². The Labute approximate surface area is 150 Å². The van der Waals surface area contributed by atoms with Crippen molar-refractivity contribution in [3.8, 4) is 0 Å². The quantitative estimate of drug-likeness (QED) is 0.440. The van der Waals surface area contributed by atoms with Gasteiger partial charge in [0.15, 0.2) is 5.96 Å². The average molecular weight is 417 g/mol. The lowest BCUT2D eigenvalue weighted by atomic mass is 9.93. The average Bonchev–Trinajstić information content (AvgIpc) is 2.52. The lowest BCUT2D eigenvalue weighted by molar-refractivity contribution is 0.175. The highest BCUT2D eigenvalue weighted by Gasteiger charge is 2.16. The molecule has 124 valence electrons. The fourth-order valence-electron chi connectivity index (χ4n) is 2.88. The van der Waals surface area contributed by atoms with Crippen LogP contribution in [0, 0.1) is 0 Å². The molecule has 0 aliphatic carbocycles. The lowest BCUT2D eigenvalue weighted by Crippen LogP contribution is -2.41. The zero-order valence-electron chi connectivity index (χ0n) is 13.3. The Hall–Kier alpha value is -0.820. The van der Waals surface area contributed by atoms with Gasteiger partial charge < -0.3 is 15.7 Å². The molecule has 1 aliphatic rings. The van der Waals surface area contributed by atoms with Crippen molar-refractivity contribution in [2.75, 3.05) is 19.6 Å². The van der Waals surface area contributed by atoms with Crippen LogP contribution in [0.25, 0.3) is 0 Å². The van der Waals surface area contributed by atoms with Gasteiger partial charge in [0.2, 0.25) is 0 Å². The summed E-state index contributed by atoms with van der Waals surface area (Å²) in [5, 5.41) is 9.71. The van der Waals surface area contributed by atoms with E-state index in [-0.39, 0.29) is 36.0 Å². The van der Waals surface area contributed by atoms with Gasteiger partial charge in [-0.3, -0.25) is 4.99 Å². The van der Waals surface area contributed by atoms with Crippen molar-refractivity contribution in [3.05, 3.63) is 35.9 Å². The first-order valence-electron chi connectivity index (χ1n) is 7.94. The second kappa shape index (κ2) is 10.0. The normalized spacial score (nSPS) is 18.5. The number of aliphatic imine (C=N–C) groups is 1. The van der Waals surface area contributed by atoms with Gasteiger partial charge in [0.05, 0.1) is 6.10 Å². The van der Waals surface area contributed by atoms with Crippen LogP contribution in [0.5, 0.6) is 0 Å². The first-order valence-corrected chi connectivity index (χ1v) is 7.94. The van der Waals surface area contributed by atoms with Crippen molar-refractivity contribution in [3.63, 3.8) is 0 Å². The molecule has 2 rings (SSSR count). The van der Waals surface area contributed by atoms with Crippen LogP contribution in [0.15, 0.2) is 35.3 Å². The molecule has 2 unspecified atom stereocenters. The minimum absolute atomic E-state index is 0. The van der Waals surface area contributed by atoms with E-state index in [1.54, 1.807) is 0 Å². The number of nitrogens with two attached hydrogens (primary N) is 1. The fourth-order valence-corrected chi connectivity index (χ4v) is 2.88. The number of aliphatic hydroxyl groups excluding tert-OH is 1. The van der Waals surface area contributed by atoms with Gasteiger partial charge in [0.25, 0.3) is 0 Å². The number of hydrogen-bond donors (Lipinski definition) is 2. The van der Waals surface area contributed by atoms with Crippen LogP contribution >= 0.6 is 24.0 Å². The molecule has 1 heterocycles. The monoisotopic (exact) mass is 417 g/mol. The van der Waals surface area contributed by atoms with Crippen molar-refractivity contribution in [1.82, 2.24) is 4.90 Å². The third kappa shape index (κ3) is 6.12. The molecule has 0 bridgehead atoms. The van der Waals surface area contributed by atoms with E-state index >= 15 is 0 Å². The number of benzene rings is 1. The largest absolute Gasteiger partial charge is 0.393 e. The van der Waals surface area contributed by atoms with Crippen LogP contribution in [0.1, 0.15) is 44.1 Å². The third-order valence-corrected chi connectivity index (χ3v) is 4.05. The Morgan fingerprint density at radius 2 is 1.86 bits per heavy atom. The second-order valence-corrected chi connectivity index (χ2v) is 5.94. The molecule has 5 heteroatoms. The molecular formula is C17H28IN3O. The van der Waals surface area contributed by atoms with Gasteiger partial charge >= 0.3 is 0 Å². The summed E-state index contributed by atoms with van der Waals surface area (Å²) >= 11 is 0. The third-order valence-electron chi connectivity index (χ3n) is 4.05. The van der Waals surface area contributed by atoms with E-state index in [9.17, 15) is 5.11 Å². The van der Waals surface area contributed by atoms with Gasteiger partial charge in [-0.25, -0.2) is 0 Å². The highest BCUT2D eigenvalue weighted by atomic mass is 127. The van der Waals surface area contributed by atoms with E-state index in [0.29, 0.717) is 18.9 Å². The molecule has 0 amide bonds. The highest BCUT2D eigenvalue weighted by molar-refractivity contribution is 14.0. The van der Waals surface area contributed by atoms with E-state index in [1.807, 2.05) is 25.1 Å². The zero-order chi connectivity index (χ0) is 15.1. The summed E-state index contributed by atoms with van der Waals surface area (Å²) in [5.41, 5.74) is 7.34. The summed E-state index contributed by atoms with van der Waals surface area (Å²) in [6.07, 6.45) is 4.07. The van der Waals surface area contributed by atoms with Gasteiger partial charge in [-0.1, -0.05) is 30.3 Å². The molecule has 0 aromatic heterocycles. The van der Waals surface area contributed by atoms with Crippen LogP contribution in [-0.4, -0.2) is 41.7 Å². The van der Waals surface area contributed by atoms with E-state index in [2.05, 4.69) is 22.0 Å². The van der Waals surface area contributed by atoms with Crippen LogP contribution < -0.4 is 5.73 Å². The summed E-state index contributed by atoms with van der Waals surface area (Å²) in [4.78, 5) is 6.76. The lowest BCUT2D eigenvalue weighted by Gasteiger charge is -2.28. The number of guanidine groups is 1. The van der Waals surface area contributed by atoms with Gasteiger partial charge in [-0.05, 0) is 38.2 Å². The molecule has 0 spiro atoms. The molecule has 1 aromatic rings. The van der Waals surface area contributed by atoms with E-state index in [1.165, 1.54) is 24.8 Å². The minimum atomic E-state index is -0.332. The predicted octanol–water partition coefficient (Wildman–Crippen LogP) is 2.96. The molecule has 22 heavy (non-hydrogen) atoms. The number of halogens is 1. The van der Waals surface area contributed by atoms with Gasteiger partial charge in [0, 0.05) is 25.6 Å². The van der Waals surface area contributed by atoms with E-state index in [0.717, 1.165) is 13.1 Å². The summed E-state index contributed by atoms with van der Waals surface area (Å²) in [7, 11) is 0. The highest BCUT2D eigenvalue weighted by Crippen LogP contribution is 2.22. The van der Waals surface area contributed by atoms with Gasteiger partial charge in [-0.15, -0.1) is 24.0 Å². The van der Waals surface area contributed by atoms with Crippen LogP contribution in [-0.2, 0) is 0 Å². The minimum Gasteiger partial charge on any atom is -0.393 e. The number of nitrogens with zero attached hydrogens (tertiary/aromatic N) is 2. The first kappa shape index (κ1) is 19.2. The van der Waals surface area contributed by atoms with Crippen molar-refractivity contribution < 1.29 is 5.11 Å². The summed E-state index contributed by atoms with van der Waals surface area (Å²) < 4.78 is 0. The molecule has 4 nitrogen and oxygen atoms in total. The molecule has 0 saturated carbocycles. The number of hydrogen-bond acceptors (Lipinski definition) is 2. The summed E-state index contributed by atoms with van der Waals surface area (Å²) in [6, 6.07) is 10.3. The van der Waals surface area contributed by atoms with Crippen molar-refractivity contribution in [2.24, 2.45) is 10.7 Å². The van der Waals surface area contributed by atoms with E-state index in [4.69, 9.17) is 5.73 Å². The first-order chi connectivity index (χ1) is 10.2. The molecule has 2 atom stereocenters. The van der Waals surface area contributed by atoms with Gasteiger partial charge in [-0.2, -0.15) is 0 Å². The van der Waals surface area contributed by atoms with Gasteiger partial charge in [0.1, 0.15) is 0 Å². The maximum atomic E-state index is 9.71. The number of likely N-dealkylation sites (tertiary alicyclic amines) is 1. The molecule has 1 fully saturated rings. The van der Waals surface area contributed by atoms with Crippen molar-refractivity contribution in [1.29, 1.82) is 0 Å². The molecule has 1 aliphatic heterocycles. The number of aliphatic hydroxyl groups is 1. The Bertz CT molecular complexity index is 444. The fraction of sp³-hybridized carbons (Fsp3) is 0.588. The van der Waals surface area contributed by atoms with Crippen molar-refractivity contribution in [2.45, 2.75) is 44.6 Å². The predicted molar refractivity (Wildman–Crippen MR) is 103 cm³/mol. The summed E-state index contributed by atoms with van der Waals surface area (Å²) in [6.45, 7) is 4.49. The second-order valence-electron chi connectivity index (χ2n) is 5.94. The molecule has 3 N–H and O–H groups in total. The topological polar surface area (TPSA) is 61.9 Å². The molecule has 0 radical (unpaired) electrons. The maximum absolute atomic E-state index is 9.71. The van der Waals surface area contributed by atoms with Crippen LogP contribution in [0.3, 0.4) is 0 Å². The Morgan fingerprint density at radius 3 is 2.45 bits per heavy atom. The van der Waals surface area contributed by atoms with Crippen LogP contribution in [0.2, 0.25) is 0 Å². The Kier molecular flexibility index (Phi) is 8.78. The summed E-state index contributed by atoms with van der Waals surface area (Å²) in [5.74, 6) is 0.871. The smallest absolute Gasteiger partial charge is 0.191 e. The number of piperidine rings is 1. The zero-order valence-corrected chi connectivity index (χ0v) is 15.6. The molecular weight excluding hydrogens is 389 g/mol. The Morgan fingerprint density at radius 1 is 1.23 bits per heavy atom. The molecule has 1 aromatic carbocycles. The van der Waals surface area contributed by atoms with Crippen LogP contribution in [0.4, 0.5) is 0 Å².